The van der Waals surface area contributed by atoms with Crippen molar-refractivity contribution < 1.29 is 18.1 Å². The summed E-state index contributed by atoms with van der Waals surface area (Å²) in [7, 11) is -4.27. The van der Waals surface area contributed by atoms with Gasteiger partial charge in [-0.05, 0) is 60.8 Å². The van der Waals surface area contributed by atoms with Crippen molar-refractivity contribution in [3.8, 4) is 5.75 Å². The van der Waals surface area contributed by atoms with Gasteiger partial charge in [0.05, 0.1) is 0 Å². The molecule has 0 atom stereocenters. The van der Waals surface area contributed by atoms with Crippen LogP contribution < -0.4 is 0 Å². The molecule has 4 nitrogen and oxygen atoms in total. The fourth-order valence-electron chi connectivity index (χ4n) is 4.04. The van der Waals surface area contributed by atoms with Gasteiger partial charge in [0.15, 0.2) is 0 Å². The largest absolute Gasteiger partial charge is 0.508 e. The van der Waals surface area contributed by atoms with E-state index >= 15 is 0 Å². The van der Waals surface area contributed by atoms with Crippen molar-refractivity contribution in [3.63, 3.8) is 0 Å². The maximum Gasteiger partial charge on any atom is 0.295 e. The summed E-state index contributed by atoms with van der Waals surface area (Å²) in [4.78, 5) is 0.0825. The van der Waals surface area contributed by atoms with E-state index < -0.39 is 10.1 Å². The normalized spacial score (nSPS) is 21.2. The lowest BCUT2D eigenvalue weighted by Crippen LogP contribution is -2.11. The van der Waals surface area contributed by atoms with Crippen LogP contribution in [0.1, 0.15) is 74.3 Å². The first-order valence-electron chi connectivity index (χ1n) is 7.81. The van der Waals surface area contributed by atoms with Gasteiger partial charge < -0.3 is 5.11 Å². The lowest BCUT2D eigenvalue weighted by atomic mass is 9.90. The monoisotopic (exact) mass is 310 g/mol. The van der Waals surface area contributed by atoms with Crippen LogP contribution in [0, 0.1) is 0 Å². The molecule has 0 spiro atoms. The third kappa shape index (κ3) is 2.94. The van der Waals surface area contributed by atoms with Gasteiger partial charge in [-0.3, -0.25) is 4.55 Å². The molecule has 0 saturated heterocycles. The van der Waals surface area contributed by atoms with Gasteiger partial charge in [-0.1, -0.05) is 25.7 Å². The first-order chi connectivity index (χ1) is 9.97. The topological polar surface area (TPSA) is 74.6 Å². The third-order valence-electron chi connectivity index (χ3n) is 4.98. The first-order valence-corrected chi connectivity index (χ1v) is 9.25. The van der Waals surface area contributed by atoms with Crippen LogP contribution in [-0.4, -0.2) is 18.1 Å². The highest BCUT2D eigenvalue weighted by atomic mass is 32.2. The van der Waals surface area contributed by atoms with Crippen LogP contribution in [0.15, 0.2) is 17.0 Å². The minimum absolute atomic E-state index is 0.0825. The molecule has 0 amide bonds. The van der Waals surface area contributed by atoms with Gasteiger partial charge in [0.1, 0.15) is 10.6 Å². The first kappa shape index (κ1) is 14.9. The van der Waals surface area contributed by atoms with Crippen molar-refractivity contribution in [2.45, 2.75) is 68.1 Å². The minimum Gasteiger partial charge on any atom is -0.508 e. The highest BCUT2D eigenvalue weighted by Crippen LogP contribution is 2.45. The number of benzene rings is 1. The van der Waals surface area contributed by atoms with Gasteiger partial charge in [0.2, 0.25) is 0 Å². The van der Waals surface area contributed by atoms with Crippen molar-refractivity contribution in [2.24, 2.45) is 0 Å². The van der Waals surface area contributed by atoms with Crippen LogP contribution in [-0.2, 0) is 10.1 Å². The minimum atomic E-state index is -4.27. The van der Waals surface area contributed by atoms with Crippen molar-refractivity contribution in [1.82, 2.24) is 0 Å². The summed E-state index contributed by atoms with van der Waals surface area (Å²) < 4.78 is 33.7. The Morgan fingerprint density at radius 3 is 1.57 bits per heavy atom. The molecule has 2 N–H and O–H groups in total. The predicted molar refractivity (Wildman–Crippen MR) is 80.3 cm³/mol. The molecule has 0 bridgehead atoms. The lowest BCUT2D eigenvalue weighted by Gasteiger charge is -2.21. The molecule has 2 saturated carbocycles. The summed E-state index contributed by atoms with van der Waals surface area (Å²) in [5.41, 5.74) is 1.24. The van der Waals surface area contributed by atoms with Gasteiger partial charge in [0, 0.05) is 0 Å². The van der Waals surface area contributed by atoms with Gasteiger partial charge in [-0.15, -0.1) is 0 Å². The number of aromatic hydroxyl groups is 1. The zero-order valence-electron chi connectivity index (χ0n) is 12.1. The Hall–Kier alpha value is -1.07. The predicted octanol–water partition coefficient (Wildman–Crippen LogP) is 3.95. The second-order valence-corrected chi connectivity index (χ2v) is 7.75. The zero-order valence-corrected chi connectivity index (χ0v) is 12.9. The third-order valence-corrected chi connectivity index (χ3v) is 5.97. The van der Waals surface area contributed by atoms with Crippen LogP contribution in [0.4, 0.5) is 0 Å². The van der Waals surface area contributed by atoms with E-state index in [0.29, 0.717) is 11.1 Å². The smallest absolute Gasteiger partial charge is 0.295 e. The number of hydrogen-bond acceptors (Lipinski definition) is 3. The van der Waals surface area contributed by atoms with Crippen LogP contribution in [0.25, 0.3) is 0 Å². The Balaban J connectivity index is 2.18. The number of phenolic OH excluding ortho intramolecular Hbond substituents is 1. The van der Waals surface area contributed by atoms with Gasteiger partial charge in [-0.25, -0.2) is 0 Å². The van der Waals surface area contributed by atoms with Gasteiger partial charge in [0.25, 0.3) is 10.1 Å². The van der Waals surface area contributed by atoms with Crippen molar-refractivity contribution >= 4 is 10.1 Å². The fraction of sp³-hybridized carbons (Fsp3) is 0.625. The fourth-order valence-corrected chi connectivity index (χ4v) is 5.08. The Morgan fingerprint density at radius 2 is 1.24 bits per heavy atom. The molecule has 0 aliphatic heterocycles. The Morgan fingerprint density at radius 1 is 0.857 bits per heavy atom. The maximum absolute atomic E-state index is 12.0. The summed E-state index contributed by atoms with van der Waals surface area (Å²) >= 11 is 0. The molecule has 2 fully saturated rings. The second-order valence-electron chi connectivity index (χ2n) is 6.39. The zero-order chi connectivity index (χ0) is 15.0. The van der Waals surface area contributed by atoms with E-state index in [9.17, 15) is 18.1 Å². The molecule has 21 heavy (non-hydrogen) atoms. The van der Waals surface area contributed by atoms with E-state index in [1.165, 1.54) is 12.1 Å². The molecule has 116 valence electrons. The van der Waals surface area contributed by atoms with Crippen molar-refractivity contribution in [2.75, 3.05) is 0 Å². The average molecular weight is 310 g/mol. The van der Waals surface area contributed by atoms with E-state index in [-0.39, 0.29) is 22.5 Å². The van der Waals surface area contributed by atoms with E-state index in [0.717, 1.165) is 51.4 Å². The quantitative estimate of drug-likeness (QED) is 0.829. The molecule has 0 heterocycles. The molecule has 2 aliphatic carbocycles. The Bertz CT molecular complexity index is 587. The average Bonchev–Trinajstić information content (AvgIpc) is 3.10. The molecular weight excluding hydrogens is 288 g/mol. The molecule has 2 aliphatic rings. The summed E-state index contributed by atoms with van der Waals surface area (Å²) in [5, 5.41) is 10.0. The van der Waals surface area contributed by atoms with Crippen LogP contribution in [0.3, 0.4) is 0 Å². The van der Waals surface area contributed by atoms with E-state index in [1.54, 1.807) is 0 Å². The van der Waals surface area contributed by atoms with Crippen LogP contribution >= 0.6 is 0 Å². The van der Waals surface area contributed by atoms with Gasteiger partial charge in [-0.2, -0.15) is 8.42 Å². The summed E-state index contributed by atoms with van der Waals surface area (Å²) in [6, 6.07) is 3.08. The Labute approximate surface area is 125 Å². The standard InChI is InChI=1S/C16H22O4S/c17-13-9-14(11-5-1-2-6-11)16(21(18,19)20)15(10-13)12-7-3-4-8-12/h9-12,17H,1-8H2,(H,18,19,20). The number of rotatable bonds is 3. The van der Waals surface area contributed by atoms with Gasteiger partial charge >= 0.3 is 0 Å². The van der Waals surface area contributed by atoms with Crippen molar-refractivity contribution in [3.05, 3.63) is 23.3 Å². The molecule has 1 aromatic carbocycles. The number of phenols is 1. The highest BCUT2D eigenvalue weighted by Gasteiger charge is 2.31. The maximum atomic E-state index is 12.0. The molecule has 1 aromatic rings. The van der Waals surface area contributed by atoms with Crippen molar-refractivity contribution in [1.29, 1.82) is 0 Å². The highest BCUT2D eigenvalue weighted by molar-refractivity contribution is 7.86. The molecule has 0 unspecified atom stereocenters. The molecule has 0 radical (unpaired) electrons. The number of hydrogen-bond donors (Lipinski definition) is 2. The molecule has 0 aromatic heterocycles. The molecular formula is C16H22O4S. The molecule has 5 heteroatoms. The summed E-state index contributed by atoms with van der Waals surface area (Å²) in [6.07, 6.45) is 8.00. The lowest BCUT2D eigenvalue weighted by molar-refractivity contribution is 0.464. The van der Waals surface area contributed by atoms with E-state index in [1.807, 2.05) is 0 Å². The SMILES string of the molecule is O=S(=O)(O)c1c(C2CCCC2)cc(O)cc1C1CCCC1. The second kappa shape index (κ2) is 5.61. The summed E-state index contributed by atoms with van der Waals surface area (Å²) in [6.45, 7) is 0. The van der Waals surface area contributed by atoms with E-state index in [2.05, 4.69) is 0 Å². The van der Waals surface area contributed by atoms with Crippen LogP contribution in [0.2, 0.25) is 0 Å². The summed E-state index contributed by atoms with van der Waals surface area (Å²) in [5.74, 6) is 0.384. The molecule has 3 rings (SSSR count). The Kier molecular flexibility index (Phi) is 3.97. The van der Waals surface area contributed by atoms with Crippen LogP contribution in [0.5, 0.6) is 5.75 Å². The van der Waals surface area contributed by atoms with E-state index in [4.69, 9.17) is 0 Å².